The van der Waals surface area contributed by atoms with Gasteiger partial charge in [0.25, 0.3) is 0 Å². The quantitative estimate of drug-likeness (QED) is 0.244. The molecule has 0 unspecified atom stereocenters. The van der Waals surface area contributed by atoms with E-state index in [2.05, 4.69) is 55.6 Å². The predicted octanol–water partition coefficient (Wildman–Crippen LogP) is 6.68. The Morgan fingerprint density at radius 2 is 1.73 bits per heavy atom. The largest absolute Gasteiger partial charge is 0.466 e. The van der Waals surface area contributed by atoms with Gasteiger partial charge in [0.05, 0.1) is 13.0 Å². The van der Waals surface area contributed by atoms with Gasteiger partial charge < -0.3 is 4.74 Å². The molecule has 26 heavy (non-hydrogen) atoms. The highest BCUT2D eigenvalue weighted by molar-refractivity contribution is 7.99. The first-order chi connectivity index (χ1) is 12.7. The van der Waals surface area contributed by atoms with Crippen molar-refractivity contribution in [3.05, 3.63) is 48.5 Å². The highest BCUT2D eigenvalue weighted by atomic mass is 32.2. The molecular weight excluding hydrogens is 360 g/mol. The van der Waals surface area contributed by atoms with E-state index >= 15 is 0 Å². The lowest BCUT2D eigenvalue weighted by Crippen LogP contribution is -2.06. The van der Waals surface area contributed by atoms with E-state index in [1.165, 1.54) is 33.8 Å². The molecule has 0 N–H and O–H groups in total. The normalized spacial score (nSPS) is 10.7. The Bertz CT molecular complexity index is 671. The van der Waals surface area contributed by atoms with Crippen molar-refractivity contribution < 1.29 is 9.53 Å². The van der Waals surface area contributed by atoms with Gasteiger partial charge >= 0.3 is 5.97 Å². The van der Waals surface area contributed by atoms with Crippen LogP contribution in [0.3, 0.4) is 0 Å². The topological polar surface area (TPSA) is 26.3 Å². The molecule has 0 heterocycles. The third-order valence-electron chi connectivity index (χ3n) is 4.06. The summed E-state index contributed by atoms with van der Waals surface area (Å²) < 4.78 is 5.31. The van der Waals surface area contributed by atoms with E-state index in [4.69, 9.17) is 4.74 Å². The average molecular weight is 389 g/mol. The standard InChI is InChI=1S/C22H28O2S2/c1-3-4-5-9-13-24-22(23)12-14-26-21-16-19(15-20(17-21)25-2)18-10-7-6-8-11-18/h6-8,10-11,15-17H,3-5,9,12-14H2,1-2H3. The van der Waals surface area contributed by atoms with Crippen molar-refractivity contribution in [2.75, 3.05) is 18.6 Å². The maximum absolute atomic E-state index is 11.8. The highest BCUT2D eigenvalue weighted by Gasteiger charge is 2.06. The molecule has 2 nitrogen and oxygen atoms in total. The molecule has 0 aliphatic heterocycles. The number of hydrogen-bond acceptors (Lipinski definition) is 4. The Balaban J connectivity index is 1.84. The van der Waals surface area contributed by atoms with E-state index in [0.717, 1.165) is 18.6 Å². The van der Waals surface area contributed by atoms with Gasteiger partial charge in [0.2, 0.25) is 0 Å². The molecule has 0 bridgehead atoms. The molecule has 0 spiro atoms. The van der Waals surface area contributed by atoms with Crippen molar-refractivity contribution >= 4 is 29.5 Å². The van der Waals surface area contributed by atoms with E-state index in [9.17, 15) is 4.79 Å². The Morgan fingerprint density at radius 3 is 2.46 bits per heavy atom. The SMILES string of the molecule is CCCCCCOC(=O)CCSc1cc(SC)cc(-c2ccccc2)c1. The molecule has 0 fully saturated rings. The molecule has 0 atom stereocenters. The number of thioether (sulfide) groups is 2. The van der Waals surface area contributed by atoms with Crippen molar-refractivity contribution in [2.24, 2.45) is 0 Å². The Morgan fingerprint density at radius 1 is 0.962 bits per heavy atom. The molecule has 0 aliphatic rings. The van der Waals surface area contributed by atoms with Crippen LogP contribution in [0.25, 0.3) is 11.1 Å². The maximum Gasteiger partial charge on any atom is 0.306 e. The summed E-state index contributed by atoms with van der Waals surface area (Å²) in [5, 5.41) is 0. The fourth-order valence-corrected chi connectivity index (χ4v) is 4.10. The van der Waals surface area contributed by atoms with E-state index in [0.29, 0.717) is 13.0 Å². The summed E-state index contributed by atoms with van der Waals surface area (Å²) in [6.45, 7) is 2.74. The van der Waals surface area contributed by atoms with E-state index in [1.807, 2.05) is 6.07 Å². The van der Waals surface area contributed by atoms with Gasteiger partial charge in [0.1, 0.15) is 0 Å². The number of benzene rings is 2. The number of carbonyl (C=O) groups is 1. The van der Waals surface area contributed by atoms with Crippen LogP contribution < -0.4 is 0 Å². The summed E-state index contributed by atoms with van der Waals surface area (Å²) in [6, 6.07) is 17.0. The van der Waals surface area contributed by atoms with Gasteiger partial charge in [-0.1, -0.05) is 56.5 Å². The monoisotopic (exact) mass is 388 g/mol. The van der Waals surface area contributed by atoms with Gasteiger partial charge in [-0.2, -0.15) is 0 Å². The van der Waals surface area contributed by atoms with Crippen LogP contribution in [0, 0.1) is 0 Å². The number of rotatable bonds is 11. The average Bonchev–Trinajstić information content (AvgIpc) is 2.68. The molecule has 2 aromatic rings. The van der Waals surface area contributed by atoms with E-state index in [1.54, 1.807) is 23.5 Å². The zero-order chi connectivity index (χ0) is 18.6. The highest BCUT2D eigenvalue weighted by Crippen LogP contribution is 2.31. The third-order valence-corrected chi connectivity index (χ3v) is 5.74. The van der Waals surface area contributed by atoms with Crippen LogP contribution in [-0.4, -0.2) is 24.6 Å². The molecule has 2 rings (SSSR count). The summed E-state index contributed by atoms with van der Waals surface area (Å²) in [6.07, 6.45) is 7.08. The Labute approximate surface area is 166 Å². The first-order valence-electron chi connectivity index (χ1n) is 9.26. The van der Waals surface area contributed by atoms with Crippen molar-refractivity contribution in [2.45, 2.75) is 48.8 Å². The molecule has 140 valence electrons. The molecule has 0 aliphatic carbocycles. The fourth-order valence-electron chi connectivity index (χ4n) is 2.61. The lowest BCUT2D eigenvalue weighted by atomic mass is 10.1. The molecule has 0 saturated heterocycles. The summed E-state index contributed by atoms with van der Waals surface area (Å²) in [5.74, 6) is 0.665. The number of esters is 1. The van der Waals surface area contributed by atoms with Gasteiger partial charge in [0, 0.05) is 15.5 Å². The Kier molecular flexibility index (Phi) is 9.72. The van der Waals surface area contributed by atoms with Crippen LogP contribution in [0.15, 0.2) is 58.3 Å². The van der Waals surface area contributed by atoms with Crippen molar-refractivity contribution in [3.8, 4) is 11.1 Å². The van der Waals surface area contributed by atoms with Crippen LogP contribution in [0.1, 0.15) is 39.0 Å². The lowest BCUT2D eigenvalue weighted by molar-refractivity contribution is -0.143. The zero-order valence-electron chi connectivity index (χ0n) is 15.7. The predicted molar refractivity (Wildman–Crippen MR) is 114 cm³/mol. The number of carbonyl (C=O) groups excluding carboxylic acids is 1. The minimum absolute atomic E-state index is 0.0849. The minimum Gasteiger partial charge on any atom is -0.466 e. The summed E-state index contributed by atoms with van der Waals surface area (Å²) in [4.78, 5) is 14.3. The number of hydrogen-bond donors (Lipinski definition) is 0. The van der Waals surface area contributed by atoms with Gasteiger partial charge in [-0.15, -0.1) is 23.5 Å². The van der Waals surface area contributed by atoms with Gasteiger partial charge in [0.15, 0.2) is 0 Å². The fraction of sp³-hybridized carbons (Fsp3) is 0.409. The van der Waals surface area contributed by atoms with Crippen LogP contribution in [0.5, 0.6) is 0 Å². The minimum atomic E-state index is -0.0849. The maximum atomic E-state index is 11.8. The van der Waals surface area contributed by atoms with E-state index in [-0.39, 0.29) is 5.97 Å². The summed E-state index contributed by atoms with van der Waals surface area (Å²) in [7, 11) is 0. The Hall–Kier alpha value is -1.39. The number of ether oxygens (including phenoxy) is 1. The second-order valence-corrected chi connectivity index (χ2v) is 8.19. The zero-order valence-corrected chi connectivity index (χ0v) is 17.3. The smallest absolute Gasteiger partial charge is 0.306 e. The first kappa shape index (κ1) is 20.9. The second-order valence-electron chi connectivity index (χ2n) is 6.14. The summed E-state index contributed by atoms with van der Waals surface area (Å²) >= 11 is 3.46. The van der Waals surface area contributed by atoms with Crippen molar-refractivity contribution in [1.82, 2.24) is 0 Å². The van der Waals surface area contributed by atoms with Crippen LogP contribution in [0.2, 0.25) is 0 Å². The molecule has 2 aromatic carbocycles. The van der Waals surface area contributed by atoms with E-state index < -0.39 is 0 Å². The number of unbranched alkanes of at least 4 members (excludes halogenated alkanes) is 3. The van der Waals surface area contributed by atoms with Crippen LogP contribution >= 0.6 is 23.5 Å². The van der Waals surface area contributed by atoms with Crippen molar-refractivity contribution in [1.29, 1.82) is 0 Å². The third kappa shape index (κ3) is 7.46. The van der Waals surface area contributed by atoms with Crippen molar-refractivity contribution in [3.63, 3.8) is 0 Å². The molecule has 0 radical (unpaired) electrons. The lowest BCUT2D eigenvalue weighted by Gasteiger charge is -2.09. The molecular formula is C22H28O2S2. The van der Waals surface area contributed by atoms with Crippen LogP contribution in [0.4, 0.5) is 0 Å². The molecule has 0 aromatic heterocycles. The molecule has 0 amide bonds. The summed E-state index contributed by atoms with van der Waals surface area (Å²) in [5.41, 5.74) is 2.44. The molecule has 4 heteroatoms. The second kappa shape index (κ2) is 12.1. The van der Waals surface area contributed by atoms with Crippen LogP contribution in [-0.2, 0) is 9.53 Å². The first-order valence-corrected chi connectivity index (χ1v) is 11.5. The van der Waals surface area contributed by atoms with Gasteiger partial charge in [-0.05, 0) is 42.0 Å². The van der Waals surface area contributed by atoms with Gasteiger partial charge in [-0.25, -0.2) is 0 Å². The molecule has 0 saturated carbocycles. The van der Waals surface area contributed by atoms with Gasteiger partial charge in [-0.3, -0.25) is 4.79 Å².